The van der Waals surface area contributed by atoms with Crippen molar-refractivity contribution in [3.63, 3.8) is 0 Å². The van der Waals surface area contributed by atoms with E-state index in [1.807, 2.05) is 0 Å². The largest absolute Gasteiger partial charge is 0.394 e. The summed E-state index contributed by atoms with van der Waals surface area (Å²) in [6.45, 7) is 4.15. The fourth-order valence-corrected chi connectivity index (χ4v) is 4.86. The van der Waals surface area contributed by atoms with E-state index >= 15 is 0 Å². The highest BCUT2D eigenvalue weighted by molar-refractivity contribution is 5.80. The number of aliphatic hydroxyl groups excluding tert-OH is 3. The number of allylic oxidation sites excluding steroid dienone is 4. The normalized spacial score (nSPS) is 14.3. The van der Waals surface area contributed by atoms with Gasteiger partial charge in [-0.25, -0.2) is 0 Å². The number of hydrogen-bond donors (Lipinski definition) is 4. The third kappa shape index (κ3) is 25.5. The fraction of sp³-hybridized carbons (Fsp3) is 0.853. The third-order valence-corrected chi connectivity index (χ3v) is 7.57. The van der Waals surface area contributed by atoms with E-state index in [1.165, 1.54) is 89.9 Å². The predicted molar refractivity (Wildman–Crippen MR) is 167 cm³/mol. The van der Waals surface area contributed by atoms with Crippen LogP contribution in [-0.2, 0) is 4.79 Å². The molecule has 0 aromatic carbocycles. The summed E-state index contributed by atoms with van der Waals surface area (Å²) < 4.78 is 0. The van der Waals surface area contributed by atoms with Gasteiger partial charge in [0.1, 0.15) is 6.10 Å². The smallest absolute Gasteiger partial charge is 0.249 e. The van der Waals surface area contributed by atoms with Gasteiger partial charge in [0.2, 0.25) is 5.91 Å². The highest BCUT2D eigenvalue weighted by atomic mass is 16.3. The van der Waals surface area contributed by atoms with Crippen LogP contribution in [0.25, 0.3) is 0 Å². The van der Waals surface area contributed by atoms with Crippen LogP contribution < -0.4 is 5.32 Å². The van der Waals surface area contributed by atoms with Gasteiger partial charge in [0.25, 0.3) is 0 Å². The summed E-state index contributed by atoms with van der Waals surface area (Å²) in [4.78, 5) is 12.3. The molecule has 3 unspecified atom stereocenters. The lowest BCUT2D eigenvalue weighted by Crippen LogP contribution is -2.49. The molecule has 0 heterocycles. The molecule has 4 N–H and O–H groups in total. The molecule has 0 saturated heterocycles. The Morgan fingerprint density at radius 3 is 1.59 bits per heavy atom. The van der Waals surface area contributed by atoms with Crippen LogP contribution in [0.1, 0.15) is 162 Å². The lowest BCUT2D eigenvalue weighted by Gasteiger charge is -2.23. The van der Waals surface area contributed by atoms with E-state index in [1.54, 1.807) is 0 Å². The quantitative estimate of drug-likeness (QED) is 0.0556. The zero-order chi connectivity index (χ0) is 28.8. The lowest BCUT2D eigenvalue weighted by molar-refractivity contribution is -0.131. The van der Waals surface area contributed by atoms with E-state index < -0.39 is 24.2 Å². The molecule has 5 heteroatoms. The molecule has 39 heavy (non-hydrogen) atoms. The molecular formula is C34H65NO4. The Balaban J connectivity index is 3.74. The van der Waals surface area contributed by atoms with Crippen molar-refractivity contribution >= 4 is 5.91 Å². The number of amides is 1. The van der Waals surface area contributed by atoms with Crippen LogP contribution in [0.4, 0.5) is 0 Å². The van der Waals surface area contributed by atoms with E-state index in [-0.39, 0.29) is 6.61 Å². The van der Waals surface area contributed by atoms with Gasteiger partial charge >= 0.3 is 0 Å². The first-order valence-electron chi connectivity index (χ1n) is 16.6. The Bertz CT molecular complexity index is 578. The van der Waals surface area contributed by atoms with Gasteiger partial charge in [-0.3, -0.25) is 4.79 Å². The lowest BCUT2D eigenvalue weighted by atomic mass is 10.0. The van der Waals surface area contributed by atoms with Crippen LogP contribution in [0.2, 0.25) is 0 Å². The van der Waals surface area contributed by atoms with Crippen molar-refractivity contribution in [2.75, 3.05) is 6.61 Å². The highest BCUT2D eigenvalue weighted by Crippen LogP contribution is 2.14. The van der Waals surface area contributed by atoms with Crippen molar-refractivity contribution in [3.05, 3.63) is 24.3 Å². The second kappa shape index (κ2) is 29.8. The molecule has 1 amide bonds. The summed E-state index contributed by atoms with van der Waals surface area (Å²) in [7, 11) is 0. The number of carbonyl (C=O) groups is 1. The van der Waals surface area contributed by atoms with E-state index in [2.05, 4.69) is 43.5 Å². The van der Waals surface area contributed by atoms with E-state index in [0.717, 1.165) is 44.9 Å². The highest BCUT2D eigenvalue weighted by Gasteiger charge is 2.23. The molecule has 0 aliphatic carbocycles. The minimum atomic E-state index is -1.08. The van der Waals surface area contributed by atoms with Crippen LogP contribution in [0, 0.1) is 0 Å². The number of carbonyl (C=O) groups excluding carboxylic acids is 1. The Hall–Kier alpha value is -1.17. The minimum Gasteiger partial charge on any atom is -0.394 e. The summed E-state index contributed by atoms with van der Waals surface area (Å²) in [6, 6.07) is -0.711. The molecule has 0 spiro atoms. The molecule has 3 atom stereocenters. The summed E-state index contributed by atoms with van der Waals surface area (Å²) >= 11 is 0. The number of aliphatic hydroxyl groups is 3. The molecule has 5 nitrogen and oxygen atoms in total. The van der Waals surface area contributed by atoms with Crippen molar-refractivity contribution in [1.29, 1.82) is 0 Å². The number of unbranched alkanes of at least 4 members (excludes halogenated alkanes) is 17. The molecule has 0 saturated carbocycles. The average Bonchev–Trinajstić information content (AvgIpc) is 2.94. The first-order valence-corrected chi connectivity index (χ1v) is 16.6. The van der Waals surface area contributed by atoms with Gasteiger partial charge in [0, 0.05) is 0 Å². The molecule has 0 aromatic heterocycles. The van der Waals surface area contributed by atoms with E-state index in [9.17, 15) is 20.1 Å². The Morgan fingerprint density at radius 2 is 1.05 bits per heavy atom. The second-order valence-corrected chi connectivity index (χ2v) is 11.4. The number of nitrogens with one attached hydrogen (secondary N) is 1. The fourth-order valence-electron chi connectivity index (χ4n) is 4.86. The topological polar surface area (TPSA) is 89.8 Å². The molecule has 0 radical (unpaired) electrons. The first-order chi connectivity index (χ1) is 19.1. The van der Waals surface area contributed by atoms with Crippen LogP contribution in [0.5, 0.6) is 0 Å². The molecule has 0 rings (SSSR count). The summed E-state index contributed by atoms with van der Waals surface area (Å²) in [5, 5.41) is 32.9. The minimum absolute atomic E-state index is 0.317. The predicted octanol–water partition coefficient (Wildman–Crippen LogP) is 8.31. The maximum absolute atomic E-state index is 12.3. The van der Waals surface area contributed by atoms with Crippen LogP contribution in [-0.4, -0.2) is 46.1 Å². The zero-order valence-electron chi connectivity index (χ0n) is 25.8. The monoisotopic (exact) mass is 551 g/mol. The molecule has 0 fully saturated rings. The van der Waals surface area contributed by atoms with Crippen molar-refractivity contribution in [2.24, 2.45) is 0 Å². The molecular weight excluding hydrogens is 486 g/mol. The second-order valence-electron chi connectivity index (χ2n) is 11.4. The summed E-state index contributed by atoms with van der Waals surface area (Å²) in [6.07, 6.45) is 33.0. The Morgan fingerprint density at radius 1 is 0.615 bits per heavy atom. The van der Waals surface area contributed by atoms with Crippen LogP contribution >= 0.6 is 0 Å². The molecule has 0 aliphatic rings. The van der Waals surface area contributed by atoms with Crippen molar-refractivity contribution < 1.29 is 20.1 Å². The van der Waals surface area contributed by atoms with Gasteiger partial charge in [-0.1, -0.05) is 141 Å². The van der Waals surface area contributed by atoms with Crippen molar-refractivity contribution in [3.8, 4) is 0 Å². The van der Waals surface area contributed by atoms with Gasteiger partial charge in [-0.05, 0) is 44.9 Å². The van der Waals surface area contributed by atoms with E-state index in [0.29, 0.717) is 12.8 Å². The third-order valence-electron chi connectivity index (χ3n) is 7.57. The molecule has 230 valence electrons. The zero-order valence-corrected chi connectivity index (χ0v) is 25.8. The van der Waals surface area contributed by atoms with Gasteiger partial charge in [-0.2, -0.15) is 0 Å². The molecule has 0 bridgehead atoms. The van der Waals surface area contributed by atoms with Crippen LogP contribution in [0.3, 0.4) is 0 Å². The molecule has 0 aliphatic heterocycles. The van der Waals surface area contributed by atoms with Crippen molar-refractivity contribution in [2.45, 2.75) is 180 Å². The maximum atomic E-state index is 12.3. The van der Waals surface area contributed by atoms with E-state index in [4.69, 9.17) is 0 Å². The molecule has 0 aromatic rings. The average molecular weight is 552 g/mol. The standard InChI is InChI=1S/C34H65NO4/c1-3-5-7-9-11-13-14-15-16-17-18-19-21-23-25-27-29-33(38)34(39)35-31(30-36)32(37)28-26-24-22-20-12-10-8-6-4-2/h11,13,15-16,31-33,36-38H,3-10,12,14,17-30H2,1-2H3,(H,35,39)/b13-11-,16-15-. The maximum Gasteiger partial charge on any atom is 0.249 e. The van der Waals surface area contributed by atoms with Gasteiger partial charge in [-0.15, -0.1) is 0 Å². The van der Waals surface area contributed by atoms with Crippen molar-refractivity contribution in [1.82, 2.24) is 5.32 Å². The number of hydrogen-bond acceptors (Lipinski definition) is 4. The summed E-state index contributed by atoms with van der Waals surface area (Å²) in [5.41, 5.74) is 0. The van der Waals surface area contributed by atoms with Gasteiger partial charge in [0.15, 0.2) is 0 Å². The summed E-state index contributed by atoms with van der Waals surface area (Å²) in [5.74, 6) is -0.484. The van der Waals surface area contributed by atoms with Gasteiger partial charge < -0.3 is 20.6 Å². The van der Waals surface area contributed by atoms with Gasteiger partial charge in [0.05, 0.1) is 18.8 Å². The van der Waals surface area contributed by atoms with Crippen LogP contribution in [0.15, 0.2) is 24.3 Å². The number of rotatable bonds is 29. The Labute approximate surface area is 241 Å². The Kier molecular flexibility index (Phi) is 28.9. The first kappa shape index (κ1) is 37.8. The SMILES string of the molecule is CCCCC/C=C\C/C=C\CCCCCCCCC(O)C(=O)NC(CO)C(O)CCCCCCCCCCC.